The summed E-state index contributed by atoms with van der Waals surface area (Å²) in [5, 5.41) is 9.57. The quantitative estimate of drug-likeness (QED) is 0.880. The molecular formula is C11H16N2O3S2. The zero-order valence-electron chi connectivity index (χ0n) is 10.1. The lowest BCUT2D eigenvalue weighted by Gasteiger charge is -2.11. The second-order valence-corrected chi connectivity index (χ2v) is 7.20. The van der Waals surface area contributed by atoms with E-state index < -0.39 is 10.0 Å². The van der Waals surface area contributed by atoms with Gasteiger partial charge in [-0.3, -0.25) is 4.79 Å². The maximum absolute atomic E-state index is 12.0. The summed E-state index contributed by atoms with van der Waals surface area (Å²) >= 11 is 0.996. The highest BCUT2D eigenvalue weighted by Gasteiger charge is 2.23. The van der Waals surface area contributed by atoms with E-state index in [-0.39, 0.29) is 16.2 Å². The van der Waals surface area contributed by atoms with Crippen LogP contribution in [0.25, 0.3) is 0 Å². The summed E-state index contributed by atoms with van der Waals surface area (Å²) in [6, 6.07) is 0.217. The molecule has 3 N–H and O–H groups in total. The van der Waals surface area contributed by atoms with Crippen LogP contribution in [0, 0.1) is 6.92 Å². The first-order chi connectivity index (χ1) is 8.39. The fourth-order valence-corrected chi connectivity index (χ4v) is 4.25. The highest BCUT2D eigenvalue weighted by atomic mass is 32.2. The van der Waals surface area contributed by atoms with Crippen molar-refractivity contribution < 1.29 is 13.2 Å². The van der Waals surface area contributed by atoms with Crippen molar-refractivity contribution in [3.63, 3.8) is 0 Å². The molecule has 1 aliphatic carbocycles. The topological polar surface area (TPSA) is 89.3 Å². The molecule has 0 unspecified atom stereocenters. The molecule has 0 aliphatic heterocycles. The van der Waals surface area contributed by atoms with Crippen LogP contribution >= 0.6 is 11.3 Å². The summed E-state index contributed by atoms with van der Waals surface area (Å²) in [7, 11) is -3.73. The molecule has 1 aromatic heterocycles. The minimum absolute atomic E-state index is 0.0686. The van der Waals surface area contributed by atoms with Gasteiger partial charge in [-0.05, 0) is 25.3 Å². The van der Waals surface area contributed by atoms with E-state index in [0.29, 0.717) is 11.1 Å². The van der Waals surface area contributed by atoms with Crippen LogP contribution in [0.1, 0.15) is 41.6 Å². The molecule has 0 bridgehead atoms. The van der Waals surface area contributed by atoms with E-state index in [1.54, 1.807) is 12.3 Å². The fraction of sp³-hybridized carbons (Fsp3) is 0.545. The highest BCUT2D eigenvalue weighted by Crippen LogP contribution is 2.26. The Morgan fingerprint density at radius 1 is 1.44 bits per heavy atom. The molecule has 1 fully saturated rings. The fourth-order valence-electron chi connectivity index (χ4n) is 2.24. The molecule has 0 spiro atoms. The van der Waals surface area contributed by atoms with Crippen LogP contribution in [0.4, 0.5) is 0 Å². The molecular weight excluding hydrogens is 272 g/mol. The van der Waals surface area contributed by atoms with Crippen LogP contribution in [-0.2, 0) is 10.0 Å². The molecule has 0 saturated heterocycles. The number of carbonyl (C=O) groups excluding carboxylic acids is 1. The third-order valence-corrected chi connectivity index (χ3v) is 5.87. The molecule has 5 nitrogen and oxygen atoms in total. The standard InChI is InChI=1S/C11H16N2O3S2/c1-7-9(6-17-11(7)18(12,15)16)10(14)13-8-4-2-3-5-8/h6,8H,2-5H2,1H3,(H,13,14)(H2,12,15,16). The lowest BCUT2D eigenvalue weighted by molar-refractivity contribution is 0.0937. The van der Waals surface area contributed by atoms with E-state index in [1.807, 2.05) is 0 Å². The van der Waals surface area contributed by atoms with Gasteiger partial charge in [-0.2, -0.15) is 0 Å². The maximum Gasteiger partial charge on any atom is 0.252 e. The van der Waals surface area contributed by atoms with Gasteiger partial charge < -0.3 is 5.32 Å². The Kier molecular flexibility index (Phi) is 3.74. The Balaban J connectivity index is 2.18. The van der Waals surface area contributed by atoms with Crippen LogP contribution in [0.2, 0.25) is 0 Å². The number of nitrogens with one attached hydrogen (secondary N) is 1. The van der Waals surface area contributed by atoms with Gasteiger partial charge in [-0.25, -0.2) is 13.6 Å². The Morgan fingerprint density at radius 3 is 2.56 bits per heavy atom. The number of hydrogen-bond donors (Lipinski definition) is 2. The van der Waals surface area contributed by atoms with Crippen LogP contribution in [0.15, 0.2) is 9.59 Å². The number of primary sulfonamides is 1. The van der Waals surface area contributed by atoms with Crippen LogP contribution in [-0.4, -0.2) is 20.4 Å². The summed E-state index contributed by atoms with van der Waals surface area (Å²) in [6.45, 7) is 1.61. The average molecular weight is 288 g/mol. The number of nitrogens with two attached hydrogens (primary N) is 1. The largest absolute Gasteiger partial charge is 0.349 e. The normalized spacial score (nSPS) is 17.0. The van der Waals surface area contributed by atoms with E-state index in [1.165, 1.54) is 0 Å². The van der Waals surface area contributed by atoms with Crippen LogP contribution in [0.3, 0.4) is 0 Å². The maximum atomic E-state index is 12.0. The van der Waals surface area contributed by atoms with Crippen molar-refractivity contribution in [3.8, 4) is 0 Å². The SMILES string of the molecule is Cc1c(C(=O)NC2CCCC2)csc1S(N)(=O)=O. The molecule has 7 heteroatoms. The minimum Gasteiger partial charge on any atom is -0.349 e. The van der Waals surface area contributed by atoms with Crippen molar-refractivity contribution in [1.29, 1.82) is 0 Å². The molecule has 2 rings (SSSR count). The van der Waals surface area contributed by atoms with Gasteiger partial charge in [-0.15, -0.1) is 11.3 Å². The average Bonchev–Trinajstić information content (AvgIpc) is 2.85. The van der Waals surface area contributed by atoms with E-state index >= 15 is 0 Å². The van der Waals surface area contributed by atoms with Gasteiger partial charge in [0.2, 0.25) is 10.0 Å². The lowest BCUT2D eigenvalue weighted by atomic mass is 10.2. The van der Waals surface area contributed by atoms with E-state index in [0.717, 1.165) is 37.0 Å². The molecule has 0 radical (unpaired) electrons. The van der Waals surface area contributed by atoms with Gasteiger partial charge in [0, 0.05) is 11.4 Å². The summed E-state index contributed by atoms with van der Waals surface area (Å²) in [5.74, 6) is -0.203. The van der Waals surface area contributed by atoms with Crippen molar-refractivity contribution in [2.45, 2.75) is 42.9 Å². The lowest BCUT2D eigenvalue weighted by Crippen LogP contribution is -2.32. The van der Waals surface area contributed by atoms with Gasteiger partial charge in [0.25, 0.3) is 5.91 Å². The molecule has 0 aromatic carbocycles. The monoisotopic (exact) mass is 288 g/mol. The Bertz CT molecular complexity index is 557. The Morgan fingerprint density at radius 2 is 2.06 bits per heavy atom. The van der Waals surface area contributed by atoms with Crippen molar-refractivity contribution >= 4 is 27.3 Å². The van der Waals surface area contributed by atoms with Gasteiger partial charge in [0.1, 0.15) is 4.21 Å². The molecule has 1 saturated carbocycles. The number of thiophene rings is 1. The van der Waals surface area contributed by atoms with Gasteiger partial charge in [0.05, 0.1) is 5.56 Å². The molecule has 100 valence electrons. The van der Waals surface area contributed by atoms with Crippen molar-refractivity contribution in [1.82, 2.24) is 5.32 Å². The third kappa shape index (κ3) is 2.73. The Labute approximate surface area is 110 Å². The van der Waals surface area contributed by atoms with Crippen LogP contribution in [0.5, 0.6) is 0 Å². The first-order valence-corrected chi connectivity index (χ1v) is 8.24. The predicted octanol–water partition coefficient (Wildman–Crippen LogP) is 1.38. The second-order valence-electron chi connectivity index (χ2n) is 4.56. The molecule has 1 amide bonds. The van der Waals surface area contributed by atoms with Gasteiger partial charge in [0.15, 0.2) is 0 Å². The summed E-state index contributed by atoms with van der Waals surface area (Å²) in [4.78, 5) is 12.0. The smallest absolute Gasteiger partial charge is 0.252 e. The number of sulfonamides is 1. The summed E-state index contributed by atoms with van der Waals surface area (Å²) < 4.78 is 22.6. The second kappa shape index (κ2) is 4.99. The molecule has 1 aromatic rings. The zero-order chi connectivity index (χ0) is 13.3. The Hall–Kier alpha value is -0.920. The van der Waals surface area contributed by atoms with Gasteiger partial charge in [-0.1, -0.05) is 12.8 Å². The van der Waals surface area contributed by atoms with Crippen molar-refractivity contribution in [2.24, 2.45) is 5.14 Å². The van der Waals surface area contributed by atoms with Gasteiger partial charge >= 0.3 is 0 Å². The number of carbonyl (C=O) groups is 1. The minimum atomic E-state index is -3.73. The first-order valence-electron chi connectivity index (χ1n) is 5.81. The molecule has 1 aliphatic rings. The molecule has 18 heavy (non-hydrogen) atoms. The third-order valence-electron chi connectivity index (χ3n) is 3.19. The van der Waals surface area contributed by atoms with E-state index in [4.69, 9.17) is 5.14 Å². The number of hydrogen-bond acceptors (Lipinski definition) is 4. The molecule has 0 atom stereocenters. The van der Waals surface area contributed by atoms with Crippen LogP contribution < -0.4 is 10.5 Å². The molecule has 1 heterocycles. The zero-order valence-corrected chi connectivity index (χ0v) is 11.7. The summed E-state index contributed by atoms with van der Waals surface area (Å²) in [6.07, 6.45) is 4.26. The van der Waals surface area contributed by atoms with Crippen molar-refractivity contribution in [3.05, 3.63) is 16.5 Å². The highest BCUT2D eigenvalue weighted by molar-refractivity contribution is 7.91. The summed E-state index contributed by atoms with van der Waals surface area (Å²) in [5.41, 5.74) is 0.855. The first kappa shape index (κ1) is 13.5. The number of rotatable bonds is 3. The van der Waals surface area contributed by atoms with E-state index in [9.17, 15) is 13.2 Å². The number of amides is 1. The van der Waals surface area contributed by atoms with E-state index in [2.05, 4.69) is 5.32 Å². The van der Waals surface area contributed by atoms with Crippen molar-refractivity contribution in [2.75, 3.05) is 0 Å². The predicted molar refractivity (Wildman–Crippen MR) is 70.2 cm³/mol.